The minimum absolute atomic E-state index is 0.312. The van der Waals surface area contributed by atoms with Gasteiger partial charge in [-0.1, -0.05) is 157 Å². The largest absolute Gasteiger partial charge is 0.135 e. The molecule has 8 heteroatoms. The summed E-state index contributed by atoms with van der Waals surface area (Å²) < 4.78 is 19.5. The van der Waals surface area contributed by atoms with Gasteiger partial charge in [-0.15, -0.1) is 91.1 Å². The standard InChI is InChI=1S/C140H122S8/c1-19-23-27-29-33-79-48-100(68(7)8)136-129(121(79)69(9)10)109-55-86-43-97-65-119-111(57-88(97)45-96(86)64-118(109)144-136)131-126-80(32-28-24-20-2)49-104(139(131)147-119)102-47-78(30-25-21-3)77(18)125-107-53-84-41-94-63-117-110(56-87(94)44-92(84)61-115(107)146-138(102)125)130-122(72(13)37-74(15)134(130)142-117)127-81(31-26-22-4)50-103(140-132(127)112-58-89-46-90-59-113-105(51-82(90)39-95(89)66-120(112)148-140)123-75(16)70(11)36-73(14)133(123)141-113)101-38-71(12)76(17)124-106-52-83-40-93-62-116-108(54-85(93)42-91(83)60-114(106)145-137(101)124)128-99(126)35-34-98(67(5)6)135(128)143-116/h34-69,105,113H,19-33H2,1-18H3. The van der Waals surface area contributed by atoms with E-state index in [0.717, 1.165) is 64.2 Å². The van der Waals surface area contributed by atoms with Crippen LogP contribution >= 0.6 is 91.1 Å². The Morgan fingerprint density at radius 1 is 0.230 bits per heavy atom. The van der Waals surface area contributed by atoms with E-state index in [2.05, 4.69) is 359 Å². The monoisotopic (exact) mass is 2060 g/mol. The zero-order chi connectivity index (χ0) is 100. The van der Waals surface area contributed by atoms with E-state index < -0.39 is 0 Å². The molecular weight excluding hydrogens is 1940 g/mol. The number of hydrogen-bond acceptors (Lipinski definition) is 8. The zero-order valence-electron chi connectivity index (χ0n) is 88.3. The fourth-order valence-corrected chi connectivity index (χ4v) is 38.6. The molecule has 1 aliphatic heterocycles. The van der Waals surface area contributed by atoms with Crippen molar-refractivity contribution in [2.75, 3.05) is 0 Å². The van der Waals surface area contributed by atoms with Crippen molar-refractivity contribution in [3.05, 3.63) is 288 Å². The van der Waals surface area contributed by atoms with Crippen LogP contribution in [0, 0.1) is 55.4 Å². The average Bonchev–Trinajstić information content (AvgIpc) is 1.54. The molecule has 0 spiro atoms. The molecule has 2 unspecified atom stereocenters. The van der Waals surface area contributed by atoms with Crippen LogP contribution in [0.1, 0.15) is 253 Å². The normalized spacial score (nSPS) is 14.4. The molecule has 2 atom stereocenters. The molecular formula is C140H122S8. The van der Waals surface area contributed by atoms with Crippen molar-refractivity contribution >= 4 is 363 Å². The molecule has 0 radical (unpaired) electrons. The van der Waals surface area contributed by atoms with Crippen LogP contribution in [0.4, 0.5) is 0 Å². The minimum Gasteiger partial charge on any atom is -0.135 e. The molecule has 0 saturated heterocycles. The summed E-state index contributed by atoms with van der Waals surface area (Å²) in [5.41, 5.74) is 23.2. The van der Waals surface area contributed by atoms with E-state index in [1.807, 2.05) is 56.7 Å². The van der Waals surface area contributed by atoms with E-state index in [1.54, 1.807) is 16.7 Å². The lowest BCUT2D eigenvalue weighted by Crippen LogP contribution is -2.32. The SMILES string of the molecule is CCCCCCc1cc(C(C)C)c2sc3cc4cc5cc6c(cc5cc4cc3c2c1C(C)C)sc1c2cc(CCCCC)c(c3ccc(C(C)C)c4sc5cc7cc8cc9c(cc8cc7cc5c43)sc3c(cc(C)c(C)c93)c3cc(CCCC)c(c4c(C)cc(C)c5sc7cc8cc9cc%10c(cc9cc8cc7c54)sc4c2cc(CCCC)c(C)c%104)c2c4cc5cc7c(cc5cc4sc32)=CC2c3c(C)c(C)cc(C)c3SC2C=7)c61. The molecule has 9 aromatic heterocycles. The maximum Gasteiger partial charge on any atom is 0.0440 e. The summed E-state index contributed by atoms with van der Waals surface area (Å²) in [6.07, 6.45) is 22.4. The van der Waals surface area contributed by atoms with E-state index in [0.29, 0.717) is 28.9 Å². The number of thiophene rings is 7. The van der Waals surface area contributed by atoms with Crippen molar-refractivity contribution in [2.45, 2.75) is 255 Å². The fraction of sp³-hybridized carbons (Fsp3) is 0.271. The van der Waals surface area contributed by atoms with Crippen LogP contribution in [0.3, 0.4) is 0 Å². The Labute approximate surface area is 896 Å². The average molecular weight is 2060 g/mol. The summed E-state index contributed by atoms with van der Waals surface area (Å²) in [4.78, 5) is 1.49. The molecule has 1 aliphatic carbocycles. The van der Waals surface area contributed by atoms with Crippen LogP contribution in [-0.4, -0.2) is 5.25 Å². The van der Waals surface area contributed by atoms with E-state index in [1.165, 1.54) is 379 Å². The topological polar surface area (TPSA) is 0 Å². The highest BCUT2D eigenvalue weighted by atomic mass is 32.2. The number of thioether (sulfide) groups is 1. The first-order valence-electron chi connectivity index (χ1n) is 55.1. The second kappa shape index (κ2) is 34.6. The van der Waals surface area contributed by atoms with Crippen LogP contribution in [-0.2, 0) is 25.7 Å². The molecule has 0 fully saturated rings. The molecule has 0 nitrogen and oxygen atoms in total. The first-order valence-corrected chi connectivity index (χ1v) is 61.7. The lowest BCUT2D eigenvalue weighted by atomic mass is 9.85. The van der Waals surface area contributed by atoms with Gasteiger partial charge in [0.2, 0.25) is 0 Å². The minimum atomic E-state index is 0.312. The van der Waals surface area contributed by atoms with Gasteiger partial charge in [0.1, 0.15) is 0 Å². The van der Waals surface area contributed by atoms with Crippen LogP contribution in [0.25, 0.3) is 272 Å². The second-order valence-electron chi connectivity index (χ2n) is 45.9. The van der Waals surface area contributed by atoms with Gasteiger partial charge < -0.3 is 0 Å². The Bertz CT molecular complexity index is 10900. The molecule has 10 heterocycles. The second-order valence-corrected chi connectivity index (χ2v) is 54.5. The number of aryl methyl sites for hydroxylation is 11. The van der Waals surface area contributed by atoms with Crippen molar-refractivity contribution in [2.24, 2.45) is 0 Å². The Kier molecular flexibility index (Phi) is 21.7. The van der Waals surface area contributed by atoms with Crippen molar-refractivity contribution in [3.63, 3.8) is 0 Å². The van der Waals surface area contributed by atoms with Crippen molar-refractivity contribution in [1.82, 2.24) is 0 Å². The summed E-state index contributed by atoms with van der Waals surface area (Å²) in [6.45, 7) is 43.3. The lowest BCUT2D eigenvalue weighted by Gasteiger charge is -2.19. The molecule has 14 bridgehead atoms. The van der Waals surface area contributed by atoms with Gasteiger partial charge in [-0.2, -0.15) is 0 Å². The third-order valence-electron chi connectivity index (χ3n) is 35.5. The predicted molar refractivity (Wildman–Crippen MR) is 674 cm³/mol. The third-order valence-corrected chi connectivity index (χ3v) is 45.4. The number of fused-ring (bicyclic) bond motifs is 17. The maximum absolute atomic E-state index is 2.79. The summed E-state index contributed by atoms with van der Waals surface area (Å²) in [6, 6.07) is 80.9. The van der Waals surface area contributed by atoms with Gasteiger partial charge in [0.05, 0.1) is 0 Å². The van der Waals surface area contributed by atoms with Crippen molar-refractivity contribution in [1.29, 1.82) is 0 Å². The van der Waals surface area contributed by atoms with E-state index in [-0.39, 0.29) is 0 Å². The molecule has 2 aliphatic rings. The molecule has 730 valence electrons. The quantitative estimate of drug-likeness (QED) is 0.0609. The Morgan fingerprint density at radius 2 is 0.601 bits per heavy atom. The third kappa shape index (κ3) is 13.8. The number of rotatable bonds is 18. The van der Waals surface area contributed by atoms with Crippen molar-refractivity contribution in [3.8, 4) is 0 Å². The lowest BCUT2D eigenvalue weighted by molar-refractivity contribution is 0.662. The van der Waals surface area contributed by atoms with E-state index in [4.69, 9.17) is 0 Å². The van der Waals surface area contributed by atoms with Crippen LogP contribution in [0.5, 0.6) is 0 Å². The van der Waals surface area contributed by atoms with E-state index in [9.17, 15) is 0 Å². The number of hydrogen-bond donors (Lipinski definition) is 0. The van der Waals surface area contributed by atoms with Gasteiger partial charge in [-0.25, -0.2) is 0 Å². The highest BCUT2D eigenvalue weighted by Gasteiger charge is 2.37. The zero-order valence-corrected chi connectivity index (χ0v) is 94.8. The number of benzene rings is 19. The number of unbranched alkanes of at least 4 members (excludes halogenated alkanes) is 7. The molecule has 0 amide bonds. The Hall–Kier alpha value is -11.4. The van der Waals surface area contributed by atoms with Crippen LogP contribution < -0.4 is 10.4 Å². The van der Waals surface area contributed by atoms with Crippen LogP contribution in [0.2, 0.25) is 0 Å². The predicted octanol–water partition coefficient (Wildman–Crippen LogP) is 44.7. The van der Waals surface area contributed by atoms with Gasteiger partial charge in [0, 0.05) is 179 Å². The summed E-state index contributed by atoms with van der Waals surface area (Å²) in [5, 5.41) is 52.2. The maximum atomic E-state index is 2.79. The Morgan fingerprint density at radius 3 is 1.11 bits per heavy atom. The highest BCUT2D eigenvalue weighted by Crippen LogP contribution is 2.59. The first kappa shape index (κ1) is 92.7. The van der Waals surface area contributed by atoms with Gasteiger partial charge in [-0.3, -0.25) is 0 Å². The van der Waals surface area contributed by atoms with Gasteiger partial charge >= 0.3 is 0 Å². The Balaban J connectivity index is 0.747. The summed E-state index contributed by atoms with van der Waals surface area (Å²) in [7, 11) is 0. The van der Waals surface area contributed by atoms with E-state index >= 15 is 0 Å². The molecule has 148 heavy (non-hydrogen) atoms. The molecule has 19 aromatic carbocycles. The van der Waals surface area contributed by atoms with Crippen LogP contribution in [0.15, 0.2) is 193 Å². The summed E-state index contributed by atoms with van der Waals surface area (Å²) in [5.74, 6) is 1.51. The van der Waals surface area contributed by atoms with Crippen molar-refractivity contribution < 1.29 is 0 Å². The highest BCUT2D eigenvalue weighted by molar-refractivity contribution is 8.00. The molecule has 0 saturated carbocycles. The molecule has 28 aromatic rings. The smallest absolute Gasteiger partial charge is 0.0440 e. The first-order chi connectivity index (χ1) is 71.9. The van der Waals surface area contributed by atoms with Gasteiger partial charge in [0.25, 0.3) is 0 Å². The van der Waals surface area contributed by atoms with Gasteiger partial charge in [-0.05, 0) is 479 Å². The van der Waals surface area contributed by atoms with Gasteiger partial charge in [0.15, 0.2) is 0 Å². The molecule has 30 rings (SSSR count). The molecule has 0 N–H and O–H groups in total. The summed E-state index contributed by atoms with van der Waals surface area (Å²) >= 11 is 16.4. The fourth-order valence-electron chi connectivity index (χ4n) is 27.8.